The van der Waals surface area contributed by atoms with E-state index in [2.05, 4.69) is 19.2 Å². The molecule has 0 aliphatic heterocycles. The summed E-state index contributed by atoms with van der Waals surface area (Å²) in [5.74, 6) is 0.359. The van der Waals surface area contributed by atoms with Crippen LogP contribution in [-0.4, -0.2) is 27.1 Å². The maximum atomic E-state index is 12.5. The smallest absolute Gasteiger partial charge is 0.251 e. The Morgan fingerprint density at radius 1 is 1.10 bits per heavy atom. The summed E-state index contributed by atoms with van der Waals surface area (Å²) in [6.45, 7) is 5.06. The van der Waals surface area contributed by atoms with Crippen molar-refractivity contribution < 1.29 is 13.2 Å². The summed E-state index contributed by atoms with van der Waals surface area (Å²) in [6.07, 6.45) is 5.59. The van der Waals surface area contributed by atoms with Crippen LogP contribution in [0, 0.1) is 5.92 Å². The zero-order valence-electron chi connectivity index (χ0n) is 18.2. The van der Waals surface area contributed by atoms with Gasteiger partial charge in [-0.05, 0) is 48.2 Å². The number of benzene rings is 2. The van der Waals surface area contributed by atoms with Crippen molar-refractivity contribution >= 4 is 44.8 Å². The van der Waals surface area contributed by atoms with Gasteiger partial charge in [-0.3, -0.25) is 9.10 Å². The molecule has 5 nitrogen and oxygen atoms in total. The van der Waals surface area contributed by atoms with Gasteiger partial charge >= 0.3 is 0 Å². The summed E-state index contributed by atoms with van der Waals surface area (Å²) in [5, 5.41) is 3.69. The Morgan fingerprint density at radius 2 is 1.77 bits per heavy atom. The lowest BCUT2D eigenvalue weighted by Crippen LogP contribution is -2.30. The summed E-state index contributed by atoms with van der Waals surface area (Å²) < 4.78 is 26.0. The fraction of sp³-hybridized carbons (Fsp3) is 0.435. The molecule has 31 heavy (non-hydrogen) atoms. The zero-order valence-corrected chi connectivity index (χ0v) is 20.5. The van der Waals surface area contributed by atoms with Crippen molar-refractivity contribution in [2.24, 2.45) is 5.92 Å². The quantitative estimate of drug-likeness (QED) is 0.431. The maximum Gasteiger partial charge on any atom is 0.251 e. The third-order valence-electron chi connectivity index (χ3n) is 5.22. The van der Waals surface area contributed by atoms with Crippen molar-refractivity contribution in [2.45, 2.75) is 46.1 Å². The highest BCUT2D eigenvalue weighted by atomic mass is 35.5. The number of nitrogens with zero attached hydrogens (tertiary/aromatic N) is 1. The molecule has 170 valence electrons. The molecular weight excluding hydrogens is 455 g/mol. The van der Waals surface area contributed by atoms with Crippen molar-refractivity contribution in [2.75, 3.05) is 17.1 Å². The topological polar surface area (TPSA) is 66.5 Å². The molecule has 2 aromatic rings. The number of carbonyl (C=O) groups is 1. The first-order valence-electron chi connectivity index (χ1n) is 10.5. The average molecular weight is 485 g/mol. The molecule has 1 amide bonds. The van der Waals surface area contributed by atoms with Crippen molar-refractivity contribution in [1.29, 1.82) is 0 Å². The first-order chi connectivity index (χ1) is 14.7. The predicted octanol–water partition coefficient (Wildman–Crippen LogP) is 5.91. The summed E-state index contributed by atoms with van der Waals surface area (Å²) >= 11 is 12.2. The van der Waals surface area contributed by atoms with E-state index in [1.165, 1.54) is 10.4 Å². The molecular formula is C23H30Cl2N2O3S. The number of rotatable bonds is 11. The number of hydrogen-bond donors (Lipinski definition) is 1. The Morgan fingerprint density at radius 3 is 2.32 bits per heavy atom. The standard InChI is InChI=1S/C23H30Cl2N2O3S/c1-4-6-7-17(5-2)15-26-23(28)19-10-8-18(9-11-19)16-27(31(3,29)30)22-13-12-20(24)14-21(22)25/h8-14,17H,4-7,15-16H2,1-3H3,(H,26,28). The lowest BCUT2D eigenvalue weighted by molar-refractivity contribution is 0.0946. The lowest BCUT2D eigenvalue weighted by atomic mass is 9.99. The Bertz CT molecular complexity index is 979. The summed E-state index contributed by atoms with van der Waals surface area (Å²) in [6, 6.07) is 11.6. The van der Waals surface area contributed by atoms with Crippen molar-refractivity contribution in [3.05, 3.63) is 63.6 Å². The number of hydrogen-bond acceptors (Lipinski definition) is 3. The van der Waals surface area contributed by atoms with Gasteiger partial charge in [0.15, 0.2) is 0 Å². The fourth-order valence-corrected chi connectivity index (χ4v) is 4.74. The summed E-state index contributed by atoms with van der Waals surface area (Å²) in [5.41, 5.74) is 1.64. The van der Waals surface area contributed by atoms with Crippen LogP contribution in [0.2, 0.25) is 10.0 Å². The van der Waals surface area contributed by atoms with Crippen LogP contribution in [0.25, 0.3) is 0 Å². The third kappa shape index (κ3) is 7.70. The third-order valence-corrected chi connectivity index (χ3v) is 6.88. The number of sulfonamides is 1. The summed E-state index contributed by atoms with van der Waals surface area (Å²) in [7, 11) is -3.58. The van der Waals surface area contributed by atoms with Crippen molar-refractivity contribution in [3.8, 4) is 0 Å². The monoisotopic (exact) mass is 484 g/mol. The Labute approximate surface area is 195 Å². The van der Waals surface area contributed by atoms with E-state index in [9.17, 15) is 13.2 Å². The first kappa shape index (κ1) is 25.5. The van der Waals surface area contributed by atoms with Gasteiger partial charge in [-0.15, -0.1) is 0 Å². The second-order valence-electron chi connectivity index (χ2n) is 7.69. The average Bonchev–Trinajstić information content (AvgIpc) is 2.72. The molecule has 1 N–H and O–H groups in total. The molecule has 2 aromatic carbocycles. The van der Waals surface area contributed by atoms with Gasteiger partial charge in [-0.2, -0.15) is 0 Å². The van der Waals surface area contributed by atoms with Crippen LogP contribution in [0.5, 0.6) is 0 Å². The summed E-state index contributed by atoms with van der Waals surface area (Å²) in [4.78, 5) is 12.5. The minimum atomic E-state index is -3.58. The van der Waals surface area contributed by atoms with Gasteiger partial charge in [-0.1, -0.05) is 68.4 Å². The Balaban J connectivity index is 2.09. The highest BCUT2D eigenvalue weighted by Crippen LogP contribution is 2.31. The Kier molecular flexibility index (Phi) is 9.66. The van der Waals surface area contributed by atoms with E-state index in [1.54, 1.807) is 36.4 Å². The molecule has 1 atom stereocenters. The van der Waals surface area contributed by atoms with Gasteiger partial charge < -0.3 is 5.32 Å². The van der Waals surface area contributed by atoms with Gasteiger partial charge in [-0.25, -0.2) is 8.42 Å². The zero-order chi connectivity index (χ0) is 23.0. The molecule has 0 saturated heterocycles. The van der Waals surface area contributed by atoms with Crippen LogP contribution in [0.1, 0.15) is 55.5 Å². The van der Waals surface area contributed by atoms with Crippen molar-refractivity contribution in [3.63, 3.8) is 0 Å². The second kappa shape index (κ2) is 11.7. The van der Waals surface area contributed by atoms with E-state index >= 15 is 0 Å². The molecule has 8 heteroatoms. The van der Waals surface area contributed by atoms with Gasteiger partial charge in [0.25, 0.3) is 5.91 Å². The SMILES string of the molecule is CCCCC(CC)CNC(=O)c1ccc(CN(c2ccc(Cl)cc2Cl)S(C)(=O)=O)cc1. The highest BCUT2D eigenvalue weighted by Gasteiger charge is 2.21. The maximum absolute atomic E-state index is 12.5. The molecule has 0 radical (unpaired) electrons. The fourth-order valence-electron chi connectivity index (χ4n) is 3.27. The van der Waals surface area contributed by atoms with E-state index in [-0.39, 0.29) is 17.5 Å². The van der Waals surface area contributed by atoms with E-state index < -0.39 is 10.0 Å². The number of carbonyl (C=O) groups excluding carboxylic acids is 1. The predicted molar refractivity (Wildman–Crippen MR) is 130 cm³/mol. The molecule has 0 heterocycles. The molecule has 0 saturated carbocycles. The van der Waals surface area contributed by atoms with Gasteiger partial charge in [0.05, 0.1) is 23.5 Å². The normalized spacial score (nSPS) is 12.4. The van der Waals surface area contributed by atoms with E-state index in [1.807, 2.05) is 0 Å². The molecule has 0 aliphatic carbocycles. The van der Waals surface area contributed by atoms with Crippen LogP contribution < -0.4 is 9.62 Å². The lowest BCUT2D eigenvalue weighted by Gasteiger charge is -2.23. The van der Waals surface area contributed by atoms with E-state index in [0.29, 0.717) is 28.7 Å². The van der Waals surface area contributed by atoms with Crippen LogP contribution in [0.4, 0.5) is 5.69 Å². The van der Waals surface area contributed by atoms with Crippen LogP contribution in [0.3, 0.4) is 0 Å². The minimum Gasteiger partial charge on any atom is -0.352 e. The van der Waals surface area contributed by atoms with Crippen molar-refractivity contribution in [1.82, 2.24) is 5.32 Å². The van der Waals surface area contributed by atoms with Crippen LogP contribution in [0.15, 0.2) is 42.5 Å². The molecule has 0 fully saturated rings. The second-order valence-corrected chi connectivity index (χ2v) is 10.4. The highest BCUT2D eigenvalue weighted by molar-refractivity contribution is 7.92. The van der Waals surface area contributed by atoms with E-state index in [4.69, 9.17) is 23.2 Å². The number of unbranched alkanes of at least 4 members (excludes halogenated alkanes) is 1. The number of amides is 1. The van der Waals surface area contributed by atoms with Crippen LogP contribution >= 0.6 is 23.2 Å². The van der Waals surface area contributed by atoms with Gasteiger partial charge in [0, 0.05) is 17.1 Å². The van der Waals surface area contributed by atoms with Gasteiger partial charge in [0.2, 0.25) is 10.0 Å². The van der Waals surface area contributed by atoms with Gasteiger partial charge in [0.1, 0.15) is 0 Å². The van der Waals surface area contributed by atoms with E-state index in [0.717, 1.165) is 37.5 Å². The number of anilines is 1. The molecule has 0 aromatic heterocycles. The molecule has 0 bridgehead atoms. The first-order valence-corrected chi connectivity index (χ1v) is 13.1. The van der Waals surface area contributed by atoms with Crippen LogP contribution in [-0.2, 0) is 16.6 Å². The molecule has 0 spiro atoms. The Hall–Kier alpha value is -1.76. The number of nitrogens with one attached hydrogen (secondary N) is 1. The largest absolute Gasteiger partial charge is 0.352 e. The molecule has 0 aliphatic rings. The number of halogens is 2. The minimum absolute atomic E-state index is 0.0943. The molecule has 1 unspecified atom stereocenters. The molecule has 2 rings (SSSR count).